The SMILES string of the molecule is COc1c(F)ccc2c1N=C(Nc1ccccc1F)NS2. The van der Waals surface area contributed by atoms with Gasteiger partial charge in [-0.2, -0.15) is 0 Å². The van der Waals surface area contributed by atoms with Crippen LogP contribution in [0.2, 0.25) is 0 Å². The summed E-state index contributed by atoms with van der Waals surface area (Å²) in [6.07, 6.45) is 0. The molecule has 0 fully saturated rings. The van der Waals surface area contributed by atoms with Gasteiger partial charge in [0.1, 0.15) is 11.5 Å². The molecule has 21 heavy (non-hydrogen) atoms. The number of nitrogens with one attached hydrogen (secondary N) is 2. The highest BCUT2D eigenvalue weighted by molar-refractivity contribution is 7.98. The second-order valence-electron chi connectivity index (χ2n) is 4.20. The summed E-state index contributed by atoms with van der Waals surface area (Å²) in [6, 6.07) is 9.15. The van der Waals surface area contributed by atoms with E-state index in [0.717, 1.165) is 4.90 Å². The number of aliphatic imine (C=N–C) groups is 1. The van der Waals surface area contributed by atoms with E-state index >= 15 is 0 Å². The number of guanidine groups is 1. The van der Waals surface area contributed by atoms with Crippen LogP contribution in [0, 0.1) is 11.6 Å². The molecule has 0 spiro atoms. The Morgan fingerprint density at radius 2 is 1.95 bits per heavy atom. The van der Waals surface area contributed by atoms with E-state index in [9.17, 15) is 8.78 Å². The van der Waals surface area contributed by atoms with E-state index in [1.807, 2.05) is 0 Å². The maximum absolute atomic E-state index is 13.7. The lowest BCUT2D eigenvalue weighted by Gasteiger charge is -2.19. The molecule has 4 nitrogen and oxygen atoms in total. The molecule has 0 aliphatic carbocycles. The van der Waals surface area contributed by atoms with Crippen molar-refractivity contribution in [2.24, 2.45) is 4.99 Å². The van der Waals surface area contributed by atoms with Crippen LogP contribution in [0.1, 0.15) is 0 Å². The molecule has 0 aromatic heterocycles. The number of nitrogens with zero attached hydrogens (tertiary/aromatic N) is 1. The molecule has 0 radical (unpaired) electrons. The van der Waals surface area contributed by atoms with Gasteiger partial charge in [-0.05, 0) is 36.2 Å². The van der Waals surface area contributed by atoms with Crippen LogP contribution in [0.5, 0.6) is 5.75 Å². The Morgan fingerprint density at radius 3 is 2.71 bits per heavy atom. The van der Waals surface area contributed by atoms with Crippen molar-refractivity contribution in [1.29, 1.82) is 0 Å². The van der Waals surface area contributed by atoms with Crippen molar-refractivity contribution in [1.82, 2.24) is 4.72 Å². The van der Waals surface area contributed by atoms with E-state index in [4.69, 9.17) is 4.74 Å². The molecule has 108 valence electrons. The monoisotopic (exact) mass is 307 g/mol. The lowest BCUT2D eigenvalue weighted by molar-refractivity contribution is 0.387. The summed E-state index contributed by atoms with van der Waals surface area (Å²) < 4.78 is 35.3. The van der Waals surface area contributed by atoms with E-state index in [-0.39, 0.29) is 11.4 Å². The van der Waals surface area contributed by atoms with Gasteiger partial charge in [-0.15, -0.1) is 0 Å². The number of benzene rings is 2. The minimum absolute atomic E-state index is 0.0642. The lowest BCUT2D eigenvalue weighted by Crippen LogP contribution is -2.27. The first-order valence-electron chi connectivity index (χ1n) is 6.08. The van der Waals surface area contributed by atoms with Gasteiger partial charge in [-0.25, -0.2) is 13.8 Å². The minimum atomic E-state index is -0.493. The summed E-state index contributed by atoms with van der Waals surface area (Å²) in [5.41, 5.74) is 0.656. The smallest absolute Gasteiger partial charge is 0.211 e. The van der Waals surface area contributed by atoms with Crippen molar-refractivity contribution >= 4 is 29.3 Å². The first-order chi connectivity index (χ1) is 10.2. The van der Waals surface area contributed by atoms with E-state index in [0.29, 0.717) is 11.6 Å². The van der Waals surface area contributed by atoms with Crippen molar-refractivity contribution in [3.63, 3.8) is 0 Å². The average molecular weight is 307 g/mol. The van der Waals surface area contributed by atoms with Gasteiger partial charge in [0.2, 0.25) is 5.96 Å². The number of para-hydroxylation sites is 1. The van der Waals surface area contributed by atoms with Crippen molar-refractivity contribution in [2.45, 2.75) is 4.90 Å². The predicted octanol–water partition coefficient (Wildman–Crippen LogP) is 3.68. The minimum Gasteiger partial charge on any atom is -0.491 e. The largest absolute Gasteiger partial charge is 0.491 e. The van der Waals surface area contributed by atoms with Crippen LogP contribution < -0.4 is 14.8 Å². The van der Waals surface area contributed by atoms with Gasteiger partial charge in [0.15, 0.2) is 11.6 Å². The Hall–Kier alpha value is -2.28. The zero-order valence-electron chi connectivity index (χ0n) is 11.0. The number of halogens is 2. The first-order valence-corrected chi connectivity index (χ1v) is 6.90. The molecule has 3 rings (SSSR count). The molecule has 0 saturated carbocycles. The number of hydrogen-bond donors (Lipinski definition) is 2. The maximum atomic E-state index is 13.7. The third kappa shape index (κ3) is 2.64. The van der Waals surface area contributed by atoms with Crippen LogP contribution in [0.15, 0.2) is 46.3 Å². The normalized spacial score (nSPS) is 13.0. The summed E-state index contributed by atoms with van der Waals surface area (Å²) in [5.74, 6) is -0.521. The van der Waals surface area contributed by atoms with E-state index in [1.54, 1.807) is 24.3 Å². The molecule has 2 aromatic carbocycles. The highest BCUT2D eigenvalue weighted by atomic mass is 32.2. The van der Waals surface area contributed by atoms with Crippen LogP contribution in [-0.4, -0.2) is 13.1 Å². The van der Waals surface area contributed by atoms with E-state index in [1.165, 1.54) is 31.2 Å². The number of ether oxygens (including phenoxy) is 1. The first kappa shape index (κ1) is 13.7. The van der Waals surface area contributed by atoms with Crippen molar-refractivity contribution < 1.29 is 13.5 Å². The number of methoxy groups -OCH3 is 1. The Balaban J connectivity index is 1.97. The molecule has 1 heterocycles. The molecule has 1 aliphatic rings. The summed E-state index contributed by atoms with van der Waals surface area (Å²) >= 11 is 1.25. The van der Waals surface area contributed by atoms with Gasteiger partial charge in [0, 0.05) is 0 Å². The number of rotatable bonds is 2. The fourth-order valence-electron chi connectivity index (χ4n) is 1.89. The molecular formula is C14H11F2N3OS. The van der Waals surface area contributed by atoms with E-state index < -0.39 is 11.6 Å². The van der Waals surface area contributed by atoms with Crippen LogP contribution in [-0.2, 0) is 0 Å². The molecule has 2 N–H and O–H groups in total. The Kier molecular flexibility index (Phi) is 3.66. The highest BCUT2D eigenvalue weighted by Crippen LogP contribution is 2.40. The molecule has 0 atom stereocenters. The summed E-state index contributed by atoms with van der Waals surface area (Å²) in [5, 5.41) is 2.83. The highest BCUT2D eigenvalue weighted by Gasteiger charge is 2.20. The third-order valence-electron chi connectivity index (χ3n) is 2.86. The van der Waals surface area contributed by atoms with Crippen LogP contribution >= 0.6 is 11.9 Å². The van der Waals surface area contributed by atoms with Crippen molar-refractivity contribution in [2.75, 3.05) is 12.4 Å². The predicted molar refractivity (Wildman–Crippen MR) is 79.1 cm³/mol. The zero-order chi connectivity index (χ0) is 14.8. The van der Waals surface area contributed by atoms with Gasteiger partial charge in [-0.3, -0.25) is 4.72 Å². The molecule has 0 bridgehead atoms. The van der Waals surface area contributed by atoms with Gasteiger partial charge in [0.25, 0.3) is 0 Å². The molecule has 0 amide bonds. The Morgan fingerprint density at radius 1 is 1.14 bits per heavy atom. The molecular weight excluding hydrogens is 296 g/mol. The van der Waals surface area contributed by atoms with Crippen molar-refractivity contribution in [3.8, 4) is 5.75 Å². The second-order valence-corrected chi connectivity index (χ2v) is 5.04. The molecule has 2 aromatic rings. The van der Waals surface area contributed by atoms with Gasteiger partial charge in [0.05, 0.1) is 17.7 Å². The van der Waals surface area contributed by atoms with Gasteiger partial charge >= 0.3 is 0 Å². The van der Waals surface area contributed by atoms with Crippen molar-refractivity contribution in [3.05, 3.63) is 48.0 Å². The second kappa shape index (κ2) is 5.61. The number of hydrogen-bond acceptors (Lipinski definition) is 5. The molecule has 0 saturated heterocycles. The summed E-state index contributed by atoms with van der Waals surface area (Å²) in [7, 11) is 1.38. The number of fused-ring (bicyclic) bond motifs is 1. The summed E-state index contributed by atoms with van der Waals surface area (Å²) in [4.78, 5) is 4.98. The Bertz CT molecular complexity index is 721. The summed E-state index contributed by atoms with van der Waals surface area (Å²) in [6.45, 7) is 0. The standard InChI is InChI=1S/C14H11F2N3OS/c1-20-13-9(16)6-7-11-12(13)18-14(19-21-11)17-10-5-3-2-4-8(10)15/h2-7H,1H3,(H2,17,18,19). The molecule has 1 aliphatic heterocycles. The quantitative estimate of drug-likeness (QED) is 0.831. The zero-order valence-corrected chi connectivity index (χ0v) is 11.8. The maximum Gasteiger partial charge on any atom is 0.211 e. The third-order valence-corrected chi connectivity index (χ3v) is 3.70. The fraction of sp³-hybridized carbons (Fsp3) is 0.0714. The van der Waals surface area contributed by atoms with E-state index in [2.05, 4.69) is 15.0 Å². The fourth-order valence-corrected chi connectivity index (χ4v) is 2.57. The molecule has 0 unspecified atom stereocenters. The van der Waals surface area contributed by atoms with Crippen LogP contribution in [0.3, 0.4) is 0 Å². The van der Waals surface area contributed by atoms with Crippen LogP contribution in [0.25, 0.3) is 0 Å². The lowest BCUT2D eigenvalue weighted by atomic mass is 10.3. The number of anilines is 1. The Labute approximate surface area is 124 Å². The molecule has 7 heteroatoms. The van der Waals surface area contributed by atoms with Gasteiger partial charge in [-0.1, -0.05) is 12.1 Å². The topological polar surface area (TPSA) is 45.6 Å². The van der Waals surface area contributed by atoms with Crippen LogP contribution in [0.4, 0.5) is 20.2 Å². The average Bonchev–Trinajstić information content (AvgIpc) is 2.49. The van der Waals surface area contributed by atoms with Gasteiger partial charge < -0.3 is 10.1 Å².